The second kappa shape index (κ2) is 9.99. The van der Waals surface area contributed by atoms with Gasteiger partial charge in [-0.2, -0.15) is 0 Å². The number of aromatic nitrogens is 2. The number of methoxy groups -OCH3 is 1. The van der Waals surface area contributed by atoms with E-state index in [1.807, 2.05) is 13.8 Å². The Morgan fingerprint density at radius 1 is 1.26 bits per heavy atom. The molecular formula is C22H23ClN4O4. The van der Waals surface area contributed by atoms with Crippen molar-refractivity contribution in [2.75, 3.05) is 19.1 Å². The molecule has 0 radical (unpaired) electrons. The maximum absolute atomic E-state index is 12.6. The number of para-hydroxylation sites is 1. The number of nitrogens with one attached hydrogen (secondary N) is 2. The summed E-state index contributed by atoms with van der Waals surface area (Å²) < 4.78 is 12.2. The molecular weight excluding hydrogens is 420 g/mol. The van der Waals surface area contributed by atoms with Crippen LogP contribution < -0.4 is 25.9 Å². The van der Waals surface area contributed by atoms with Crippen LogP contribution in [-0.4, -0.2) is 29.2 Å². The van der Waals surface area contributed by atoms with Gasteiger partial charge in [-0.05, 0) is 49.8 Å². The van der Waals surface area contributed by atoms with Crippen molar-refractivity contribution in [3.63, 3.8) is 0 Å². The fourth-order valence-electron chi connectivity index (χ4n) is 3.03. The molecule has 0 saturated carbocycles. The first-order valence-electron chi connectivity index (χ1n) is 9.72. The number of ether oxygens (including phenoxy) is 2. The summed E-state index contributed by atoms with van der Waals surface area (Å²) in [5.74, 6) is 0.740. The molecule has 8 nitrogen and oxygen atoms in total. The van der Waals surface area contributed by atoms with Crippen molar-refractivity contribution in [1.29, 1.82) is 0 Å². The molecule has 3 aromatic rings. The third-order valence-electron chi connectivity index (χ3n) is 4.44. The van der Waals surface area contributed by atoms with Crippen LogP contribution >= 0.6 is 11.6 Å². The summed E-state index contributed by atoms with van der Waals surface area (Å²) in [6.45, 7) is 4.53. The number of carbonyl (C=O) groups excluding carboxylic acids is 1. The van der Waals surface area contributed by atoms with E-state index in [0.717, 1.165) is 0 Å². The van der Waals surface area contributed by atoms with Crippen LogP contribution in [0.1, 0.15) is 19.4 Å². The molecule has 0 atom stereocenters. The molecule has 0 aliphatic heterocycles. The van der Waals surface area contributed by atoms with Crippen molar-refractivity contribution in [2.24, 2.45) is 0 Å². The van der Waals surface area contributed by atoms with Crippen molar-refractivity contribution in [1.82, 2.24) is 15.0 Å². The quantitative estimate of drug-likeness (QED) is 0.408. The number of rotatable bonds is 8. The molecule has 162 valence electrons. The molecule has 9 heteroatoms. The highest BCUT2D eigenvalue weighted by molar-refractivity contribution is 6.32. The highest BCUT2D eigenvalue weighted by atomic mass is 35.5. The molecule has 0 spiro atoms. The summed E-state index contributed by atoms with van der Waals surface area (Å²) in [7, 11) is 1.51. The molecule has 31 heavy (non-hydrogen) atoms. The predicted molar refractivity (Wildman–Crippen MR) is 122 cm³/mol. The molecule has 3 rings (SSSR count). The molecule has 0 saturated heterocycles. The van der Waals surface area contributed by atoms with Gasteiger partial charge in [-0.25, -0.2) is 4.98 Å². The van der Waals surface area contributed by atoms with E-state index in [-0.39, 0.29) is 11.5 Å². The molecule has 1 aromatic heterocycles. The van der Waals surface area contributed by atoms with Crippen LogP contribution in [0, 0.1) is 0 Å². The van der Waals surface area contributed by atoms with Crippen LogP contribution in [0.2, 0.25) is 5.02 Å². The maximum Gasteiger partial charge on any atom is 0.262 e. The van der Waals surface area contributed by atoms with Gasteiger partial charge in [0.25, 0.3) is 11.5 Å². The average Bonchev–Trinajstić information content (AvgIpc) is 2.76. The van der Waals surface area contributed by atoms with Crippen LogP contribution in [-0.2, 0) is 11.3 Å². The van der Waals surface area contributed by atoms with Gasteiger partial charge in [0.1, 0.15) is 0 Å². The number of fused-ring (bicyclic) bond motifs is 1. The predicted octanol–water partition coefficient (Wildman–Crippen LogP) is 3.63. The summed E-state index contributed by atoms with van der Waals surface area (Å²) >= 11 is 6.23. The first-order chi connectivity index (χ1) is 15.0. The van der Waals surface area contributed by atoms with Gasteiger partial charge in [-0.15, -0.1) is 0 Å². The molecule has 2 N–H and O–H groups in total. The Morgan fingerprint density at radius 2 is 2.03 bits per heavy atom. The lowest BCUT2D eigenvalue weighted by atomic mass is 10.2. The van der Waals surface area contributed by atoms with Crippen LogP contribution in [0.3, 0.4) is 0 Å². The van der Waals surface area contributed by atoms with Crippen molar-refractivity contribution >= 4 is 40.4 Å². The number of nitrogens with zero attached hydrogens (tertiary/aromatic N) is 2. The standard InChI is InChI=1S/C22H23ClN4O4/c1-4-27-21(29)15-8-6-7-9-17(15)24-22(27)26-25-19(28)11-10-14-12-16(23)20(30-3)18(13-14)31-5-2/h6-13H,4-5H2,1-3H3,(H,24,26)(H,25,28)/b11-10+. The van der Waals surface area contributed by atoms with E-state index in [1.165, 1.54) is 17.8 Å². The van der Waals surface area contributed by atoms with Crippen LogP contribution in [0.4, 0.5) is 5.95 Å². The largest absolute Gasteiger partial charge is 0.491 e. The fourth-order valence-corrected chi connectivity index (χ4v) is 3.33. The number of anilines is 1. The minimum atomic E-state index is -0.435. The number of carbonyl (C=O) groups is 1. The molecule has 2 aromatic carbocycles. The highest BCUT2D eigenvalue weighted by Gasteiger charge is 2.12. The lowest BCUT2D eigenvalue weighted by molar-refractivity contribution is -0.116. The molecule has 0 bridgehead atoms. The van der Waals surface area contributed by atoms with Gasteiger partial charge in [0.05, 0.1) is 29.6 Å². The van der Waals surface area contributed by atoms with Gasteiger partial charge >= 0.3 is 0 Å². The summed E-state index contributed by atoms with van der Waals surface area (Å²) in [6, 6.07) is 10.4. The van der Waals surface area contributed by atoms with Crippen molar-refractivity contribution < 1.29 is 14.3 Å². The van der Waals surface area contributed by atoms with E-state index in [4.69, 9.17) is 21.1 Å². The van der Waals surface area contributed by atoms with E-state index in [1.54, 1.807) is 42.5 Å². The lowest BCUT2D eigenvalue weighted by Gasteiger charge is -2.13. The van der Waals surface area contributed by atoms with Crippen LogP contribution in [0.15, 0.2) is 47.3 Å². The van der Waals surface area contributed by atoms with Crippen molar-refractivity contribution in [3.8, 4) is 11.5 Å². The molecule has 0 unspecified atom stereocenters. The number of halogens is 1. The summed E-state index contributed by atoms with van der Waals surface area (Å²) in [5.41, 5.74) is 6.28. The first kappa shape index (κ1) is 22.2. The smallest absolute Gasteiger partial charge is 0.262 e. The van der Waals surface area contributed by atoms with Gasteiger partial charge in [0.15, 0.2) is 11.5 Å². The van der Waals surface area contributed by atoms with Gasteiger partial charge in [0, 0.05) is 12.6 Å². The number of benzene rings is 2. The summed E-state index contributed by atoms with van der Waals surface area (Å²) in [4.78, 5) is 29.3. The Kier molecular flexibility index (Phi) is 7.15. The molecule has 0 aliphatic rings. The lowest BCUT2D eigenvalue weighted by Crippen LogP contribution is -2.33. The van der Waals surface area contributed by atoms with E-state index in [9.17, 15) is 9.59 Å². The number of hydrogen-bond acceptors (Lipinski definition) is 6. The highest BCUT2D eigenvalue weighted by Crippen LogP contribution is 2.36. The Morgan fingerprint density at radius 3 is 2.74 bits per heavy atom. The Bertz CT molecular complexity index is 1190. The zero-order valence-corrected chi connectivity index (χ0v) is 18.2. The van der Waals surface area contributed by atoms with Crippen LogP contribution in [0.25, 0.3) is 17.0 Å². The van der Waals surface area contributed by atoms with Crippen LogP contribution in [0.5, 0.6) is 11.5 Å². The molecule has 1 amide bonds. The molecule has 0 aliphatic carbocycles. The van der Waals surface area contributed by atoms with E-state index in [2.05, 4.69) is 15.8 Å². The maximum atomic E-state index is 12.6. The van der Waals surface area contributed by atoms with Crippen molar-refractivity contribution in [2.45, 2.75) is 20.4 Å². The van der Waals surface area contributed by atoms with E-state index < -0.39 is 5.91 Å². The normalized spacial score (nSPS) is 11.0. The Balaban J connectivity index is 1.76. The zero-order chi connectivity index (χ0) is 22.4. The Hall–Kier alpha value is -3.52. The van der Waals surface area contributed by atoms with E-state index in [0.29, 0.717) is 46.1 Å². The third kappa shape index (κ3) is 4.97. The second-order valence-corrected chi connectivity index (χ2v) is 6.82. The zero-order valence-electron chi connectivity index (χ0n) is 17.4. The van der Waals surface area contributed by atoms with Crippen molar-refractivity contribution in [3.05, 3.63) is 63.4 Å². The molecule has 0 fully saturated rings. The SMILES string of the molecule is CCOc1cc(/C=C/C(=O)NNc2nc3ccccc3c(=O)n2CC)cc(Cl)c1OC. The number of amides is 1. The second-order valence-electron chi connectivity index (χ2n) is 6.42. The van der Waals surface area contributed by atoms with Gasteiger partial charge in [0.2, 0.25) is 5.95 Å². The van der Waals surface area contributed by atoms with E-state index >= 15 is 0 Å². The monoisotopic (exact) mass is 442 g/mol. The average molecular weight is 443 g/mol. The topological polar surface area (TPSA) is 94.5 Å². The minimum Gasteiger partial charge on any atom is -0.491 e. The van der Waals surface area contributed by atoms with Gasteiger partial charge in [-0.1, -0.05) is 23.7 Å². The Labute approximate surface area is 184 Å². The summed E-state index contributed by atoms with van der Waals surface area (Å²) in [6.07, 6.45) is 2.92. The fraction of sp³-hybridized carbons (Fsp3) is 0.227. The molecule has 1 heterocycles. The number of hydrogen-bond donors (Lipinski definition) is 2. The minimum absolute atomic E-state index is 0.184. The first-order valence-corrected chi connectivity index (χ1v) is 10.1. The number of hydrazine groups is 1. The van der Waals surface area contributed by atoms with Gasteiger partial charge < -0.3 is 9.47 Å². The summed E-state index contributed by atoms with van der Waals surface area (Å²) in [5, 5.41) is 0.890. The van der Waals surface area contributed by atoms with Gasteiger partial charge in [-0.3, -0.25) is 25.0 Å². The third-order valence-corrected chi connectivity index (χ3v) is 4.72.